The molecule has 0 aliphatic heterocycles. The van der Waals surface area contributed by atoms with Crippen molar-refractivity contribution < 1.29 is 8.42 Å². The first-order valence-corrected chi connectivity index (χ1v) is 9.07. The third-order valence-electron chi connectivity index (χ3n) is 4.19. The Labute approximate surface area is 119 Å². The van der Waals surface area contributed by atoms with Gasteiger partial charge in [0.15, 0.2) is 0 Å². The highest BCUT2D eigenvalue weighted by atomic mass is 32.2. The zero-order chi connectivity index (χ0) is 14.5. The molecule has 0 saturated heterocycles. The highest BCUT2D eigenvalue weighted by Crippen LogP contribution is 2.28. The van der Waals surface area contributed by atoms with Crippen molar-refractivity contribution in [2.75, 3.05) is 20.1 Å². The van der Waals surface area contributed by atoms with E-state index in [2.05, 4.69) is 19.2 Å². The third-order valence-corrected chi connectivity index (χ3v) is 6.48. The zero-order valence-electron chi connectivity index (χ0n) is 12.9. The van der Waals surface area contributed by atoms with E-state index >= 15 is 0 Å². The molecule has 1 rings (SSSR count). The Hall–Kier alpha value is -0.130. The molecule has 0 bridgehead atoms. The van der Waals surface area contributed by atoms with E-state index in [4.69, 9.17) is 0 Å². The molecular formula is C14H30N2O2S. The van der Waals surface area contributed by atoms with Gasteiger partial charge in [-0.1, -0.05) is 26.7 Å². The molecule has 5 heteroatoms. The first-order chi connectivity index (χ1) is 8.89. The summed E-state index contributed by atoms with van der Waals surface area (Å²) in [6.45, 7) is 7.54. The molecule has 1 saturated carbocycles. The van der Waals surface area contributed by atoms with E-state index in [0.29, 0.717) is 12.5 Å². The van der Waals surface area contributed by atoms with Crippen LogP contribution in [0, 0.1) is 5.92 Å². The first-order valence-electron chi connectivity index (χ1n) is 7.57. The molecule has 0 amide bonds. The number of rotatable bonds is 7. The van der Waals surface area contributed by atoms with Crippen LogP contribution in [0.15, 0.2) is 0 Å². The van der Waals surface area contributed by atoms with Gasteiger partial charge in [-0.05, 0) is 38.6 Å². The van der Waals surface area contributed by atoms with Crippen LogP contribution in [0.25, 0.3) is 0 Å². The van der Waals surface area contributed by atoms with Gasteiger partial charge in [0.25, 0.3) is 0 Å². The van der Waals surface area contributed by atoms with Crippen LogP contribution in [0.3, 0.4) is 0 Å². The Bertz CT molecular complexity index is 356. The van der Waals surface area contributed by atoms with Crippen molar-refractivity contribution in [3.8, 4) is 0 Å². The summed E-state index contributed by atoms with van der Waals surface area (Å²) in [5, 5.41) is 2.86. The molecule has 1 aliphatic rings. The summed E-state index contributed by atoms with van der Waals surface area (Å²) in [7, 11) is -1.41. The molecular weight excluding hydrogens is 260 g/mol. The summed E-state index contributed by atoms with van der Waals surface area (Å²) in [5.41, 5.74) is 0. The number of nitrogens with one attached hydrogen (secondary N) is 1. The summed E-state index contributed by atoms with van der Waals surface area (Å²) in [4.78, 5) is 0. The van der Waals surface area contributed by atoms with Gasteiger partial charge in [-0.15, -0.1) is 0 Å². The van der Waals surface area contributed by atoms with E-state index in [0.717, 1.165) is 32.2 Å². The summed E-state index contributed by atoms with van der Waals surface area (Å²) < 4.78 is 26.7. The van der Waals surface area contributed by atoms with Gasteiger partial charge in [-0.3, -0.25) is 0 Å². The van der Waals surface area contributed by atoms with Crippen LogP contribution in [0.5, 0.6) is 0 Å². The van der Waals surface area contributed by atoms with E-state index < -0.39 is 10.0 Å². The number of hydrogen-bond donors (Lipinski definition) is 1. The molecule has 0 heterocycles. The molecule has 1 fully saturated rings. The third kappa shape index (κ3) is 4.72. The lowest BCUT2D eigenvalue weighted by molar-refractivity contribution is 0.237. The lowest BCUT2D eigenvalue weighted by Gasteiger charge is -2.34. The van der Waals surface area contributed by atoms with E-state index in [1.165, 1.54) is 6.42 Å². The van der Waals surface area contributed by atoms with Gasteiger partial charge < -0.3 is 5.32 Å². The Morgan fingerprint density at radius 2 is 2.05 bits per heavy atom. The van der Waals surface area contributed by atoms with Gasteiger partial charge in [-0.25, -0.2) is 12.7 Å². The lowest BCUT2D eigenvalue weighted by Crippen LogP contribution is -2.46. The SMILES string of the molecule is CCCNCC(C)S(=O)(=O)N(C)C1CCCC(C)C1. The zero-order valence-corrected chi connectivity index (χ0v) is 13.7. The monoisotopic (exact) mass is 290 g/mol. The Morgan fingerprint density at radius 1 is 1.37 bits per heavy atom. The normalized spacial score (nSPS) is 26.6. The second kappa shape index (κ2) is 7.60. The van der Waals surface area contributed by atoms with E-state index in [1.54, 1.807) is 18.3 Å². The second-order valence-corrected chi connectivity index (χ2v) is 8.41. The Morgan fingerprint density at radius 3 is 2.63 bits per heavy atom. The predicted octanol–water partition coefficient (Wildman–Crippen LogP) is 2.21. The first kappa shape index (κ1) is 16.9. The molecule has 19 heavy (non-hydrogen) atoms. The molecule has 114 valence electrons. The van der Waals surface area contributed by atoms with Crippen LogP contribution >= 0.6 is 0 Å². The average Bonchev–Trinajstić information content (AvgIpc) is 2.37. The van der Waals surface area contributed by atoms with Crippen LogP contribution in [0.2, 0.25) is 0 Å². The van der Waals surface area contributed by atoms with Crippen molar-refractivity contribution in [3.63, 3.8) is 0 Å². The predicted molar refractivity (Wildman–Crippen MR) is 80.7 cm³/mol. The lowest BCUT2D eigenvalue weighted by atomic mass is 9.87. The summed E-state index contributed by atoms with van der Waals surface area (Å²) >= 11 is 0. The molecule has 1 aliphatic carbocycles. The maximum Gasteiger partial charge on any atom is 0.217 e. The molecule has 0 aromatic heterocycles. The van der Waals surface area contributed by atoms with Gasteiger partial charge in [0.1, 0.15) is 0 Å². The standard InChI is InChI=1S/C14H30N2O2S/c1-5-9-15-11-13(3)19(17,18)16(4)14-8-6-7-12(2)10-14/h12-15H,5-11H2,1-4H3. The molecule has 3 unspecified atom stereocenters. The maximum absolute atomic E-state index is 12.5. The number of sulfonamides is 1. The summed E-state index contributed by atoms with van der Waals surface area (Å²) in [6.07, 6.45) is 5.43. The summed E-state index contributed by atoms with van der Waals surface area (Å²) in [6, 6.07) is 0.197. The minimum absolute atomic E-state index is 0.197. The van der Waals surface area contributed by atoms with Crippen LogP contribution in [-0.4, -0.2) is 44.2 Å². The molecule has 4 nitrogen and oxygen atoms in total. The molecule has 0 aromatic rings. The van der Waals surface area contributed by atoms with Crippen molar-refractivity contribution in [2.24, 2.45) is 5.92 Å². The van der Waals surface area contributed by atoms with Gasteiger partial charge in [0, 0.05) is 19.6 Å². The van der Waals surface area contributed by atoms with E-state index in [1.807, 2.05) is 0 Å². The van der Waals surface area contributed by atoms with Crippen LogP contribution in [-0.2, 0) is 10.0 Å². The highest BCUT2D eigenvalue weighted by molar-refractivity contribution is 7.89. The van der Waals surface area contributed by atoms with Crippen molar-refractivity contribution in [2.45, 2.75) is 64.2 Å². The second-order valence-electron chi connectivity index (χ2n) is 6.00. The fraction of sp³-hybridized carbons (Fsp3) is 1.00. The molecule has 0 spiro atoms. The Kier molecular flexibility index (Phi) is 6.77. The van der Waals surface area contributed by atoms with E-state index in [9.17, 15) is 8.42 Å². The van der Waals surface area contributed by atoms with Crippen LogP contribution < -0.4 is 5.32 Å². The summed E-state index contributed by atoms with van der Waals surface area (Å²) in [5.74, 6) is 0.643. The van der Waals surface area contributed by atoms with Gasteiger partial charge in [0.05, 0.1) is 5.25 Å². The van der Waals surface area contributed by atoms with Crippen molar-refractivity contribution in [1.82, 2.24) is 9.62 Å². The topological polar surface area (TPSA) is 49.4 Å². The van der Waals surface area contributed by atoms with Crippen molar-refractivity contribution in [1.29, 1.82) is 0 Å². The van der Waals surface area contributed by atoms with Crippen molar-refractivity contribution >= 4 is 10.0 Å². The van der Waals surface area contributed by atoms with Gasteiger partial charge in [-0.2, -0.15) is 0 Å². The van der Waals surface area contributed by atoms with Crippen LogP contribution in [0.4, 0.5) is 0 Å². The number of nitrogens with zero attached hydrogens (tertiary/aromatic N) is 1. The smallest absolute Gasteiger partial charge is 0.217 e. The average molecular weight is 290 g/mol. The maximum atomic E-state index is 12.5. The fourth-order valence-corrected chi connectivity index (χ4v) is 4.31. The molecule has 0 radical (unpaired) electrons. The van der Waals surface area contributed by atoms with Crippen molar-refractivity contribution in [3.05, 3.63) is 0 Å². The fourth-order valence-electron chi connectivity index (χ4n) is 2.81. The quantitative estimate of drug-likeness (QED) is 0.731. The van der Waals surface area contributed by atoms with E-state index in [-0.39, 0.29) is 11.3 Å². The highest BCUT2D eigenvalue weighted by Gasteiger charge is 2.33. The Balaban J connectivity index is 2.59. The van der Waals surface area contributed by atoms with Gasteiger partial charge in [0.2, 0.25) is 10.0 Å². The van der Waals surface area contributed by atoms with Crippen LogP contribution in [0.1, 0.15) is 52.9 Å². The number of hydrogen-bond acceptors (Lipinski definition) is 3. The largest absolute Gasteiger partial charge is 0.315 e. The van der Waals surface area contributed by atoms with Gasteiger partial charge >= 0.3 is 0 Å². The molecule has 3 atom stereocenters. The molecule has 1 N–H and O–H groups in total. The minimum Gasteiger partial charge on any atom is -0.315 e. The molecule has 0 aromatic carbocycles. The minimum atomic E-state index is -3.17.